The van der Waals surface area contributed by atoms with Crippen molar-refractivity contribution in [1.29, 1.82) is 0 Å². The Morgan fingerprint density at radius 1 is 0.842 bits per heavy atom. The maximum absolute atomic E-state index is 10.7. The smallest absolute Gasteiger partial charge is 0.152 e. The molecule has 0 aliphatic heterocycles. The number of ketones is 1. The maximum Gasteiger partial charge on any atom is 0.152 e. The van der Waals surface area contributed by atoms with Crippen molar-refractivity contribution >= 4 is 5.78 Å². The van der Waals surface area contributed by atoms with Crippen LogP contribution >= 0.6 is 0 Å². The van der Waals surface area contributed by atoms with E-state index in [-0.39, 0.29) is 5.78 Å². The molecule has 0 aliphatic rings. The van der Waals surface area contributed by atoms with E-state index in [2.05, 4.69) is 39.8 Å². The Hall–Kier alpha value is -1.37. The molecule has 0 aromatic carbocycles. The van der Waals surface area contributed by atoms with Gasteiger partial charge in [-0.1, -0.05) is 41.0 Å². The monoisotopic (exact) mass is 260 g/mol. The summed E-state index contributed by atoms with van der Waals surface area (Å²) in [6.45, 7) is 10.2. The maximum atomic E-state index is 10.7. The zero-order valence-corrected chi connectivity index (χ0v) is 13.1. The third-order valence-electron chi connectivity index (χ3n) is 2.83. The number of rotatable bonds is 8. The van der Waals surface area contributed by atoms with Gasteiger partial charge in [0.05, 0.1) is 0 Å². The molecule has 0 saturated heterocycles. The van der Waals surface area contributed by atoms with E-state index in [9.17, 15) is 4.79 Å². The van der Waals surface area contributed by atoms with Crippen LogP contribution in [0.15, 0.2) is 47.1 Å². The van der Waals surface area contributed by atoms with Crippen molar-refractivity contribution in [3.05, 3.63) is 47.1 Å². The molecule has 0 aromatic heterocycles. The van der Waals surface area contributed by atoms with E-state index >= 15 is 0 Å². The average Bonchev–Trinajstić information content (AvgIpc) is 2.27. The number of carbonyl (C=O) groups excluding carboxylic acids is 1. The fourth-order valence-electron chi connectivity index (χ4n) is 1.67. The lowest BCUT2D eigenvalue weighted by Gasteiger charge is -2.00. The molecule has 0 saturated carbocycles. The van der Waals surface area contributed by atoms with E-state index in [0.717, 1.165) is 25.7 Å². The van der Waals surface area contributed by atoms with Gasteiger partial charge in [0.2, 0.25) is 0 Å². The second-order valence-electron chi connectivity index (χ2n) is 5.39. The van der Waals surface area contributed by atoms with Crippen molar-refractivity contribution in [1.82, 2.24) is 0 Å². The minimum Gasteiger partial charge on any atom is -0.295 e. The first-order valence-corrected chi connectivity index (χ1v) is 7.05. The van der Waals surface area contributed by atoms with Crippen molar-refractivity contribution in [2.45, 2.75) is 60.3 Å². The summed E-state index contributed by atoms with van der Waals surface area (Å²) in [5, 5.41) is 0. The number of allylic oxidation sites excluding steroid dienone is 8. The van der Waals surface area contributed by atoms with Gasteiger partial charge in [0.25, 0.3) is 0 Å². The number of carbonyl (C=O) groups is 1. The molecule has 1 nitrogen and oxygen atoms in total. The summed E-state index contributed by atoms with van der Waals surface area (Å²) in [5.41, 5.74) is 4.17. The van der Waals surface area contributed by atoms with Crippen LogP contribution in [0.1, 0.15) is 60.3 Å². The molecular weight excluding hydrogens is 232 g/mol. The fourth-order valence-corrected chi connectivity index (χ4v) is 1.67. The molecule has 0 spiro atoms. The molecule has 0 amide bonds. The first-order valence-electron chi connectivity index (χ1n) is 7.05. The molecule has 19 heavy (non-hydrogen) atoms. The SMILES string of the molecule is CC(=O)C=CC=C(C)CCC=C(C)CCC=C(C)C. The van der Waals surface area contributed by atoms with Gasteiger partial charge >= 0.3 is 0 Å². The van der Waals surface area contributed by atoms with Crippen LogP contribution < -0.4 is 0 Å². The molecule has 0 atom stereocenters. The topological polar surface area (TPSA) is 17.1 Å². The average molecular weight is 260 g/mol. The van der Waals surface area contributed by atoms with E-state index in [1.165, 1.54) is 16.7 Å². The Morgan fingerprint density at radius 2 is 1.42 bits per heavy atom. The van der Waals surface area contributed by atoms with Gasteiger partial charge in [-0.2, -0.15) is 0 Å². The van der Waals surface area contributed by atoms with E-state index in [1.807, 2.05) is 12.2 Å². The second kappa shape index (κ2) is 10.5. The highest BCUT2D eigenvalue weighted by Crippen LogP contribution is 2.11. The number of hydrogen-bond donors (Lipinski definition) is 0. The van der Waals surface area contributed by atoms with Gasteiger partial charge in [0.15, 0.2) is 5.78 Å². The van der Waals surface area contributed by atoms with Gasteiger partial charge in [-0.05, 0) is 66.4 Å². The Morgan fingerprint density at radius 3 is 2.00 bits per heavy atom. The van der Waals surface area contributed by atoms with Crippen LogP contribution in [0.2, 0.25) is 0 Å². The number of hydrogen-bond acceptors (Lipinski definition) is 1. The second-order valence-corrected chi connectivity index (χ2v) is 5.39. The largest absolute Gasteiger partial charge is 0.295 e. The third kappa shape index (κ3) is 12.9. The molecule has 1 heteroatoms. The lowest BCUT2D eigenvalue weighted by Crippen LogP contribution is -1.81. The van der Waals surface area contributed by atoms with Crippen LogP contribution in [0.5, 0.6) is 0 Å². The quantitative estimate of drug-likeness (QED) is 0.317. The lowest BCUT2D eigenvalue weighted by atomic mass is 10.1. The van der Waals surface area contributed by atoms with Crippen LogP contribution in [0, 0.1) is 0 Å². The van der Waals surface area contributed by atoms with Crippen LogP contribution in [0.25, 0.3) is 0 Å². The fraction of sp³-hybridized carbons (Fsp3) is 0.500. The standard InChI is InChI=1S/C18H28O/c1-15(2)9-6-10-16(3)11-7-12-17(4)13-8-14-18(5)19/h8-9,11,13-14H,6-7,10,12H2,1-5H3. The third-order valence-corrected chi connectivity index (χ3v) is 2.83. The molecule has 0 aliphatic carbocycles. The molecular formula is C18H28O. The van der Waals surface area contributed by atoms with Gasteiger partial charge < -0.3 is 0 Å². The van der Waals surface area contributed by atoms with Crippen LogP contribution in [-0.2, 0) is 4.79 Å². The van der Waals surface area contributed by atoms with Gasteiger partial charge in [-0.3, -0.25) is 4.79 Å². The molecule has 106 valence electrons. The summed E-state index contributed by atoms with van der Waals surface area (Å²) in [5.74, 6) is 0.0964. The Bertz CT molecular complexity index is 388. The normalized spacial score (nSPS) is 12.9. The van der Waals surface area contributed by atoms with Crippen molar-refractivity contribution in [2.24, 2.45) is 0 Å². The van der Waals surface area contributed by atoms with Crippen LogP contribution in [-0.4, -0.2) is 5.78 Å². The van der Waals surface area contributed by atoms with Crippen molar-refractivity contribution in [2.75, 3.05) is 0 Å². The van der Waals surface area contributed by atoms with Gasteiger partial charge in [-0.15, -0.1) is 0 Å². The molecule has 0 fully saturated rings. The molecule has 0 heterocycles. The predicted molar refractivity (Wildman–Crippen MR) is 85.2 cm³/mol. The zero-order valence-electron chi connectivity index (χ0n) is 13.1. The molecule has 0 N–H and O–H groups in total. The first-order chi connectivity index (χ1) is 8.91. The first kappa shape index (κ1) is 17.6. The highest BCUT2D eigenvalue weighted by Gasteiger charge is 1.91. The minimum atomic E-state index is 0.0964. The van der Waals surface area contributed by atoms with E-state index < -0.39 is 0 Å². The highest BCUT2D eigenvalue weighted by atomic mass is 16.1. The Kier molecular flexibility index (Phi) is 9.78. The molecule has 0 aromatic rings. The van der Waals surface area contributed by atoms with Crippen molar-refractivity contribution < 1.29 is 4.79 Å². The van der Waals surface area contributed by atoms with E-state index in [0.29, 0.717) is 0 Å². The summed E-state index contributed by atoms with van der Waals surface area (Å²) in [7, 11) is 0. The predicted octanol–water partition coefficient (Wildman–Crippen LogP) is 5.55. The zero-order chi connectivity index (χ0) is 14.7. The van der Waals surface area contributed by atoms with E-state index in [4.69, 9.17) is 0 Å². The summed E-state index contributed by atoms with van der Waals surface area (Å²) >= 11 is 0. The van der Waals surface area contributed by atoms with Gasteiger partial charge in [-0.25, -0.2) is 0 Å². The summed E-state index contributed by atoms with van der Waals surface area (Å²) in [6.07, 6.45) is 14.5. The molecule has 0 radical (unpaired) electrons. The lowest BCUT2D eigenvalue weighted by molar-refractivity contribution is -0.112. The Labute approximate surface area is 118 Å². The van der Waals surface area contributed by atoms with Gasteiger partial charge in [0, 0.05) is 0 Å². The van der Waals surface area contributed by atoms with Crippen LogP contribution in [0.4, 0.5) is 0 Å². The van der Waals surface area contributed by atoms with E-state index in [1.54, 1.807) is 13.0 Å². The highest BCUT2D eigenvalue weighted by molar-refractivity contribution is 5.87. The molecule has 0 bridgehead atoms. The summed E-state index contributed by atoms with van der Waals surface area (Å²) in [6, 6.07) is 0. The van der Waals surface area contributed by atoms with Gasteiger partial charge in [0.1, 0.15) is 0 Å². The minimum absolute atomic E-state index is 0.0964. The van der Waals surface area contributed by atoms with Crippen LogP contribution in [0.3, 0.4) is 0 Å². The van der Waals surface area contributed by atoms with Crippen molar-refractivity contribution in [3.8, 4) is 0 Å². The molecule has 0 unspecified atom stereocenters. The summed E-state index contributed by atoms with van der Waals surface area (Å²) < 4.78 is 0. The Balaban J connectivity index is 3.99. The molecule has 0 rings (SSSR count). The van der Waals surface area contributed by atoms with Crippen molar-refractivity contribution in [3.63, 3.8) is 0 Å². The summed E-state index contributed by atoms with van der Waals surface area (Å²) in [4.78, 5) is 10.7.